The van der Waals surface area contributed by atoms with Crippen molar-refractivity contribution in [2.45, 2.75) is 32.9 Å². The van der Waals surface area contributed by atoms with E-state index in [0.29, 0.717) is 12.1 Å². The number of rotatable bonds is 9. The van der Waals surface area contributed by atoms with Crippen LogP contribution in [0.5, 0.6) is 5.75 Å². The lowest BCUT2D eigenvalue weighted by Gasteiger charge is -2.28. The largest absolute Gasteiger partial charge is 0.496 e. The number of carbonyl (C=O) groups excluding carboxylic acids is 2. The summed E-state index contributed by atoms with van der Waals surface area (Å²) in [4.78, 5) is 27.6. The fourth-order valence-electron chi connectivity index (χ4n) is 3.28. The second-order valence-corrected chi connectivity index (χ2v) is 8.03. The van der Waals surface area contributed by atoms with E-state index in [1.165, 1.54) is 0 Å². The topological polar surface area (TPSA) is 70.7 Å². The fraction of sp³-hybridized carbons (Fsp3) is 0.417. The van der Waals surface area contributed by atoms with E-state index < -0.39 is 6.04 Å². The molecule has 0 saturated heterocycles. The van der Waals surface area contributed by atoms with Gasteiger partial charge >= 0.3 is 0 Å². The molecule has 30 heavy (non-hydrogen) atoms. The minimum absolute atomic E-state index is 0.0523. The van der Waals surface area contributed by atoms with Crippen LogP contribution in [0.1, 0.15) is 41.4 Å². The van der Waals surface area contributed by atoms with Crippen molar-refractivity contribution in [2.75, 3.05) is 27.7 Å². The predicted molar refractivity (Wildman–Crippen MR) is 120 cm³/mol. The van der Waals surface area contributed by atoms with Gasteiger partial charge in [0.15, 0.2) is 0 Å². The van der Waals surface area contributed by atoms with Crippen LogP contribution in [0.25, 0.3) is 0 Å². The number of aryl methyl sites for hydroxylation is 1. The molecule has 6 heteroatoms. The molecule has 0 heterocycles. The summed E-state index contributed by atoms with van der Waals surface area (Å²) < 4.78 is 5.48. The second kappa shape index (κ2) is 10.8. The van der Waals surface area contributed by atoms with Gasteiger partial charge in [0.1, 0.15) is 11.8 Å². The summed E-state index contributed by atoms with van der Waals surface area (Å²) in [6.07, 6.45) is 0. The maximum Gasteiger partial charge on any atom is 0.251 e. The monoisotopic (exact) mass is 411 g/mol. The quantitative estimate of drug-likeness (QED) is 0.665. The number of para-hydroxylation sites is 1. The zero-order valence-electron chi connectivity index (χ0n) is 18.7. The number of carbonyl (C=O) groups is 2. The summed E-state index contributed by atoms with van der Waals surface area (Å²) in [5, 5.41) is 5.89. The number of benzene rings is 2. The van der Waals surface area contributed by atoms with Gasteiger partial charge in [0.25, 0.3) is 5.91 Å². The van der Waals surface area contributed by atoms with Gasteiger partial charge < -0.3 is 20.3 Å². The zero-order chi connectivity index (χ0) is 22.3. The Bertz CT molecular complexity index is 847. The first kappa shape index (κ1) is 23.4. The number of likely N-dealkylation sites (N-methyl/N-ethyl adjacent to an activating group) is 1. The molecule has 2 aromatic rings. The Morgan fingerprint density at radius 2 is 1.67 bits per heavy atom. The van der Waals surface area contributed by atoms with Crippen molar-refractivity contribution in [3.63, 3.8) is 0 Å². The van der Waals surface area contributed by atoms with Gasteiger partial charge in [0.2, 0.25) is 5.91 Å². The lowest BCUT2D eigenvalue weighted by molar-refractivity contribution is -0.124. The normalized spacial score (nSPS) is 13.1. The van der Waals surface area contributed by atoms with E-state index in [4.69, 9.17) is 4.74 Å². The molecular weight excluding hydrogens is 378 g/mol. The van der Waals surface area contributed by atoms with Gasteiger partial charge in [-0.15, -0.1) is 0 Å². The fourth-order valence-corrected chi connectivity index (χ4v) is 3.28. The maximum absolute atomic E-state index is 12.9. The van der Waals surface area contributed by atoms with Crippen LogP contribution in [0, 0.1) is 12.8 Å². The van der Waals surface area contributed by atoms with Crippen LogP contribution in [-0.2, 0) is 4.79 Å². The van der Waals surface area contributed by atoms with Crippen molar-refractivity contribution in [1.29, 1.82) is 0 Å². The molecule has 2 aromatic carbocycles. The van der Waals surface area contributed by atoms with Gasteiger partial charge in [-0.25, -0.2) is 0 Å². The highest BCUT2D eigenvalue weighted by Gasteiger charge is 2.26. The van der Waals surface area contributed by atoms with Gasteiger partial charge in [0, 0.05) is 17.7 Å². The molecule has 0 fully saturated rings. The first-order valence-corrected chi connectivity index (χ1v) is 10.2. The number of ether oxygens (including phenoxy) is 1. The van der Waals surface area contributed by atoms with Gasteiger partial charge in [-0.2, -0.15) is 0 Å². The Kier molecular flexibility index (Phi) is 8.42. The van der Waals surface area contributed by atoms with Crippen LogP contribution in [0.3, 0.4) is 0 Å². The van der Waals surface area contributed by atoms with Crippen LogP contribution in [-0.4, -0.2) is 50.5 Å². The van der Waals surface area contributed by atoms with E-state index in [1.54, 1.807) is 19.2 Å². The zero-order valence-corrected chi connectivity index (χ0v) is 18.7. The third-order valence-electron chi connectivity index (χ3n) is 5.14. The Morgan fingerprint density at radius 3 is 2.23 bits per heavy atom. The minimum Gasteiger partial charge on any atom is -0.496 e. The van der Waals surface area contributed by atoms with Crippen LogP contribution in [0.2, 0.25) is 0 Å². The Balaban J connectivity index is 2.09. The lowest BCUT2D eigenvalue weighted by Crippen LogP contribution is -2.51. The molecule has 0 saturated carbocycles. The number of hydrogen-bond acceptors (Lipinski definition) is 4. The highest BCUT2D eigenvalue weighted by molar-refractivity contribution is 5.97. The van der Waals surface area contributed by atoms with Crippen LogP contribution in [0.4, 0.5) is 0 Å². The molecule has 2 atom stereocenters. The molecule has 0 aliphatic carbocycles. The molecule has 0 bridgehead atoms. The Morgan fingerprint density at radius 1 is 1.03 bits per heavy atom. The molecule has 0 radical (unpaired) electrons. The van der Waals surface area contributed by atoms with E-state index in [9.17, 15) is 9.59 Å². The van der Waals surface area contributed by atoms with Crippen molar-refractivity contribution in [3.8, 4) is 5.75 Å². The van der Waals surface area contributed by atoms with Gasteiger partial charge in [-0.3, -0.25) is 9.59 Å². The third-order valence-corrected chi connectivity index (χ3v) is 5.14. The van der Waals surface area contributed by atoms with E-state index in [-0.39, 0.29) is 23.8 Å². The van der Waals surface area contributed by atoms with Crippen molar-refractivity contribution >= 4 is 11.8 Å². The first-order valence-electron chi connectivity index (χ1n) is 10.2. The molecule has 0 aliphatic rings. The summed E-state index contributed by atoms with van der Waals surface area (Å²) in [6.45, 7) is 6.21. The molecule has 2 rings (SSSR count). The number of amides is 2. The average Bonchev–Trinajstić information content (AvgIpc) is 2.72. The summed E-state index contributed by atoms with van der Waals surface area (Å²) in [5.74, 6) is 0.270. The molecule has 2 N–H and O–H groups in total. The highest BCUT2D eigenvalue weighted by atomic mass is 16.5. The number of nitrogens with zero attached hydrogens (tertiary/aromatic N) is 1. The van der Waals surface area contributed by atoms with Gasteiger partial charge in [-0.1, -0.05) is 49.7 Å². The maximum atomic E-state index is 12.9. The van der Waals surface area contributed by atoms with Crippen molar-refractivity contribution in [2.24, 2.45) is 5.92 Å². The van der Waals surface area contributed by atoms with Gasteiger partial charge in [-0.05, 0) is 45.1 Å². The molecule has 0 aromatic heterocycles. The SMILES string of the molecule is COc1ccccc1C(CNC(=O)C(NC(=O)c1ccc(C)cc1)C(C)C)N(C)C. The van der Waals surface area contributed by atoms with Crippen molar-refractivity contribution in [1.82, 2.24) is 15.5 Å². The summed E-state index contributed by atoms with van der Waals surface area (Å²) in [6, 6.07) is 14.4. The summed E-state index contributed by atoms with van der Waals surface area (Å²) in [7, 11) is 5.56. The smallest absolute Gasteiger partial charge is 0.251 e. The molecule has 162 valence electrons. The highest BCUT2D eigenvalue weighted by Crippen LogP contribution is 2.27. The van der Waals surface area contributed by atoms with Crippen LogP contribution >= 0.6 is 0 Å². The predicted octanol–water partition coefficient (Wildman–Crippen LogP) is 3.18. The van der Waals surface area contributed by atoms with E-state index >= 15 is 0 Å². The number of methoxy groups -OCH3 is 1. The Labute approximate surface area is 179 Å². The lowest BCUT2D eigenvalue weighted by atomic mass is 10.0. The summed E-state index contributed by atoms with van der Waals surface area (Å²) >= 11 is 0. The molecule has 0 aliphatic heterocycles. The standard InChI is InChI=1S/C24H33N3O3/c1-16(2)22(26-23(28)18-13-11-17(3)12-14-18)24(29)25-15-20(27(4)5)19-9-7-8-10-21(19)30-6/h7-14,16,20,22H,15H2,1-6H3,(H,25,29)(H,26,28). The Hall–Kier alpha value is -2.86. The van der Waals surface area contributed by atoms with E-state index in [1.807, 2.05) is 76.2 Å². The van der Waals surface area contributed by atoms with E-state index in [2.05, 4.69) is 10.6 Å². The van der Waals surface area contributed by atoms with Crippen LogP contribution < -0.4 is 15.4 Å². The third kappa shape index (κ3) is 6.07. The number of nitrogens with one attached hydrogen (secondary N) is 2. The van der Waals surface area contributed by atoms with Crippen molar-refractivity contribution in [3.05, 3.63) is 65.2 Å². The van der Waals surface area contributed by atoms with Crippen LogP contribution in [0.15, 0.2) is 48.5 Å². The molecular formula is C24H33N3O3. The number of hydrogen-bond donors (Lipinski definition) is 2. The minimum atomic E-state index is -0.626. The molecule has 2 amide bonds. The first-order chi connectivity index (χ1) is 14.2. The molecule has 2 unspecified atom stereocenters. The molecule has 6 nitrogen and oxygen atoms in total. The average molecular weight is 412 g/mol. The van der Waals surface area contributed by atoms with Crippen molar-refractivity contribution < 1.29 is 14.3 Å². The van der Waals surface area contributed by atoms with Gasteiger partial charge in [0.05, 0.1) is 13.2 Å². The van der Waals surface area contributed by atoms with E-state index in [0.717, 1.165) is 16.9 Å². The second-order valence-electron chi connectivity index (χ2n) is 8.03. The summed E-state index contributed by atoms with van der Waals surface area (Å²) in [5.41, 5.74) is 2.62. The molecule has 0 spiro atoms.